The molecule has 2 aromatic heterocycles. The van der Waals surface area contributed by atoms with Gasteiger partial charge >= 0.3 is 0 Å². The summed E-state index contributed by atoms with van der Waals surface area (Å²) in [6.45, 7) is 4.02. The molecule has 0 saturated carbocycles. The first-order valence-electron chi connectivity index (χ1n) is 5.25. The van der Waals surface area contributed by atoms with Gasteiger partial charge < -0.3 is 5.32 Å². The number of hydrogen-bond donors (Lipinski definition) is 2. The largest absolute Gasteiger partial charge is 0.344 e. The normalized spacial score (nSPS) is 10.2. The zero-order chi connectivity index (χ0) is 12.3. The second-order valence-electron chi connectivity index (χ2n) is 3.70. The van der Waals surface area contributed by atoms with Crippen molar-refractivity contribution in [3.8, 4) is 0 Å². The fourth-order valence-electron chi connectivity index (χ4n) is 1.39. The van der Waals surface area contributed by atoms with Gasteiger partial charge in [-0.15, -0.1) is 5.10 Å². The Bertz CT molecular complexity index is 534. The van der Waals surface area contributed by atoms with E-state index in [1.54, 1.807) is 6.92 Å². The molecule has 0 radical (unpaired) electrons. The standard InChI is InChI=1S/C11H13N5O/c1-7-4-3-5-9(13-7)6-12-11(17)10-14-8(2)15-16-10/h3-5H,6H2,1-2H3,(H,12,17)(H,14,15,16). The smallest absolute Gasteiger partial charge is 0.291 e. The number of hydrogen-bond acceptors (Lipinski definition) is 4. The minimum absolute atomic E-state index is 0.148. The SMILES string of the molecule is Cc1cccc(CNC(=O)c2n[nH]c(C)n2)n1. The molecule has 17 heavy (non-hydrogen) atoms. The van der Waals surface area contributed by atoms with Crippen molar-refractivity contribution in [2.75, 3.05) is 0 Å². The highest BCUT2D eigenvalue weighted by molar-refractivity contribution is 5.90. The number of aryl methyl sites for hydroxylation is 2. The second kappa shape index (κ2) is 4.73. The summed E-state index contributed by atoms with van der Waals surface area (Å²) in [6, 6.07) is 5.67. The van der Waals surface area contributed by atoms with Gasteiger partial charge in [0.25, 0.3) is 5.91 Å². The molecule has 0 saturated heterocycles. The summed E-state index contributed by atoms with van der Waals surface area (Å²) in [5.41, 5.74) is 1.73. The van der Waals surface area contributed by atoms with Crippen LogP contribution in [-0.2, 0) is 6.54 Å². The van der Waals surface area contributed by atoms with E-state index in [1.807, 2.05) is 25.1 Å². The molecule has 0 fully saturated rings. The lowest BCUT2D eigenvalue weighted by atomic mass is 10.3. The summed E-state index contributed by atoms with van der Waals surface area (Å²) in [6.07, 6.45) is 0. The maximum Gasteiger partial charge on any atom is 0.291 e. The van der Waals surface area contributed by atoms with Gasteiger partial charge in [0.1, 0.15) is 5.82 Å². The van der Waals surface area contributed by atoms with E-state index >= 15 is 0 Å². The van der Waals surface area contributed by atoms with E-state index in [1.165, 1.54) is 0 Å². The highest BCUT2D eigenvalue weighted by atomic mass is 16.2. The Balaban J connectivity index is 1.97. The fourth-order valence-corrected chi connectivity index (χ4v) is 1.39. The first-order valence-corrected chi connectivity index (χ1v) is 5.25. The molecular weight excluding hydrogens is 218 g/mol. The van der Waals surface area contributed by atoms with Gasteiger partial charge in [0.05, 0.1) is 12.2 Å². The Morgan fingerprint density at radius 1 is 1.35 bits per heavy atom. The number of carbonyl (C=O) groups excluding carboxylic acids is 1. The van der Waals surface area contributed by atoms with E-state index < -0.39 is 0 Å². The summed E-state index contributed by atoms with van der Waals surface area (Å²) in [5.74, 6) is 0.455. The third kappa shape index (κ3) is 2.87. The second-order valence-corrected chi connectivity index (χ2v) is 3.70. The third-order valence-electron chi connectivity index (χ3n) is 2.18. The van der Waals surface area contributed by atoms with Gasteiger partial charge in [0.15, 0.2) is 0 Å². The van der Waals surface area contributed by atoms with Gasteiger partial charge in [-0.25, -0.2) is 4.98 Å². The van der Waals surface area contributed by atoms with E-state index in [9.17, 15) is 4.79 Å². The molecule has 0 aliphatic heterocycles. The monoisotopic (exact) mass is 231 g/mol. The van der Waals surface area contributed by atoms with Crippen molar-refractivity contribution in [3.63, 3.8) is 0 Å². The summed E-state index contributed by atoms with van der Waals surface area (Å²) in [5, 5.41) is 9.11. The van der Waals surface area contributed by atoms with Crippen molar-refractivity contribution in [3.05, 3.63) is 41.2 Å². The summed E-state index contributed by atoms with van der Waals surface area (Å²) >= 11 is 0. The average Bonchev–Trinajstić information content (AvgIpc) is 2.73. The van der Waals surface area contributed by atoms with Crippen molar-refractivity contribution in [1.82, 2.24) is 25.5 Å². The molecule has 88 valence electrons. The van der Waals surface area contributed by atoms with Crippen LogP contribution in [0.4, 0.5) is 0 Å². The maximum atomic E-state index is 11.6. The number of amides is 1. The van der Waals surface area contributed by atoms with Crippen molar-refractivity contribution in [2.24, 2.45) is 0 Å². The van der Waals surface area contributed by atoms with Crippen LogP contribution in [0.2, 0.25) is 0 Å². The van der Waals surface area contributed by atoms with Crippen molar-refractivity contribution >= 4 is 5.91 Å². The maximum absolute atomic E-state index is 11.6. The Morgan fingerprint density at radius 2 is 2.18 bits per heavy atom. The zero-order valence-corrected chi connectivity index (χ0v) is 9.69. The average molecular weight is 231 g/mol. The van der Waals surface area contributed by atoms with Crippen molar-refractivity contribution in [2.45, 2.75) is 20.4 Å². The Morgan fingerprint density at radius 3 is 2.82 bits per heavy atom. The first-order chi connectivity index (χ1) is 8.15. The van der Waals surface area contributed by atoms with Gasteiger partial charge in [-0.1, -0.05) is 6.07 Å². The number of nitrogens with zero attached hydrogens (tertiary/aromatic N) is 3. The zero-order valence-electron chi connectivity index (χ0n) is 9.69. The van der Waals surface area contributed by atoms with E-state index in [4.69, 9.17) is 0 Å². The molecule has 2 heterocycles. The van der Waals surface area contributed by atoms with Crippen LogP contribution in [0.5, 0.6) is 0 Å². The number of pyridine rings is 1. The fraction of sp³-hybridized carbons (Fsp3) is 0.273. The highest BCUT2D eigenvalue weighted by Gasteiger charge is 2.10. The van der Waals surface area contributed by atoms with Crippen molar-refractivity contribution < 1.29 is 4.79 Å². The number of aromatic nitrogens is 4. The van der Waals surface area contributed by atoms with Crippen LogP contribution in [0.15, 0.2) is 18.2 Å². The predicted octanol–water partition coefficient (Wildman–Crippen LogP) is 0.747. The molecular formula is C11H13N5O. The number of aromatic amines is 1. The van der Waals surface area contributed by atoms with Gasteiger partial charge in [-0.2, -0.15) is 0 Å². The third-order valence-corrected chi connectivity index (χ3v) is 2.18. The van der Waals surface area contributed by atoms with Crippen LogP contribution in [0.25, 0.3) is 0 Å². The van der Waals surface area contributed by atoms with Crippen LogP contribution in [-0.4, -0.2) is 26.1 Å². The van der Waals surface area contributed by atoms with Gasteiger partial charge in [0, 0.05) is 5.69 Å². The highest BCUT2D eigenvalue weighted by Crippen LogP contribution is 1.98. The molecule has 6 heteroatoms. The number of carbonyl (C=O) groups is 1. The molecule has 0 spiro atoms. The van der Waals surface area contributed by atoms with E-state index in [2.05, 4.69) is 25.5 Å². The first kappa shape index (κ1) is 11.3. The Kier molecular flexibility index (Phi) is 3.13. The quantitative estimate of drug-likeness (QED) is 0.816. The number of rotatable bonds is 3. The summed E-state index contributed by atoms with van der Waals surface area (Å²) < 4.78 is 0. The molecule has 2 N–H and O–H groups in total. The van der Waals surface area contributed by atoms with E-state index in [0.29, 0.717) is 12.4 Å². The molecule has 6 nitrogen and oxygen atoms in total. The minimum Gasteiger partial charge on any atom is -0.344 e. The Labute approximate surface area is 98.5 Å². The molecule has 0 aromatic carbocycles. The molecule has 0 aliphatic carbocycles. The molecule has 2 rings (SSSR count). The van der Waals surface area contributed by atoms with Crippen LogP contribution in [0.3, 0.4) is 0 Å². The van der Waals surface area contributed by atoms with Gasteiger partial charge in [-0.05, 0) is 26.0 Å². The molecule has 0 aliphatic rings. The van der Waals surface area contributed by atoms with Crippen LogP contribution in [0.1, 0.15) is 27.8 Å². The molecule has 0 atom stereocenters. The molecule has 0 unspecified atom stereocenters. The molecule has 0 bridgehead atoms. The lowest BCUT2D eigenvalue weighted by Crippen LogP contribution is -2.24. The van der Waals surface area contributed by atoms with Crippen LogP contribution in [0, 0.1) is 13.8 Å². The number of nitrogens with one attached hydrogen (secondary N) is 2. The minimum atomic E-state index is -0.308. The van der Waals surface area contributed by atoms with Crippen LogP contribution < -0.4 is 5.32 Å². The van der Waals surface area contributed by atoms with Gasteiger partial charge in [-0.3, -0.25) is 14.9 Å². The summed E-state index contributed by atoms with van der Waals surface area (Å²) in [4.78, 5) is 19.9. The van der Waals surface area contributed by atoms with E-state index in [-0.39, 0.29) is 11.7 Å². The molecule has 2 aromatic rings. The van der Waals surface area contributed by atoms with E-state index in [0.717, 1.165) is 11.4 Å². The topological polar surface area (TPSA) is 83.6 Å². The number of H-pyrrole nitrogens is 1. The predicted molar refractivity (Wildman–Crippen MR) is 61.3 cm³/mol. The molecule has 1 amide bonds. The van der Waals surface area contributed by atoms with Gasteiger partial charge in [0.2, 0.25) is 5.82 Å². The lowest BCUT2D eigenvalue weighted by molar-refractivity contribution is 0.0940. The van der Waals surface area contributed by atoms with Crippen molar-refractivity contribution in [1.29, 1.82) is 0 Å². The summed E-state index contributed by atoms with van der Waals surface area (Å²) in [7, 11) is 0. The van der Waals surface area contributed by atoms with Crippen LogP contribution >= 0.6 is 0 Å². The Hall–Kier alpha value is -2.24. The lowest BCUT2D eigenvalue weighted by Gasteiger charge is -2.02.